The molecule has 0 radical (unpaired) electrons. The van der Waals surface area contributed by atoms with Gasteiger partial charge in [-0.15, -0.1) is 0 Å². The Labute approximate surface area is 180 Å². The molecule has 9 heteroatoms. The first-order chi connectivity index (χ1) is 14.8. The molecule has 1 saturated carbocycles. The number of hydrogen-bond donors (Lipinski definition) is 0. The highest BCUT2D eigenvalue weighted by molar-refractivity contribution is 6.29. The molecule has 0 aliphatic heterocycles. The molecule has 0 unspecified atom stereocenters. The number of alkyl halides is 3. The Morgan fingerprint density at radius 3 is 2.48 bits per heavy atom. The van der Waals surface area contributed by atoms with E-state index in [0.717, 1.165) is 29.6 Å². The van der Waals surface area contributed by atoms with Crippen molar-refractivity contribution >= 4 is 33.7 Å². The Morgan fingerprint density at radius 1 is 1.03 bits per heavy atom. The largest absolute Gasteiger partial charge is 0.389 e. The van der Waals surface area contributed by atoms with Crippen molar-refractivity contribution in [3.8, 4) is 0 Å². The number of para-hydroxylation sites is 2. The minimum atomic E-state index is -4.21. The van der Waals surface area contributed by atoms with Crippen LogP contribution in [0.2, 0.25) is 5.15 Å². The number of pyridine rings is 1. The Balaban J connectivity index is 1.58. The van der Waals surface area contributed by atoms with Crippen LogP contribution in [0.1, 0.15) is 37.4 Å². The highest BCUT2D eigenvalue weighted by Gasteiger charge is 2.29. The Morgan fingerprint density at radius 2 is 1.77 bits per heavy atom. The maximum absolute atomic E-state index is 13.2. The van der Waals surface area contributed by atoms with Crippen LogP contribution >= 0.6 is 11.6 Å². The number of aryl methyl sites for hydroxylation is 1. The molecule has 3 aromatic heterocycles. The van der Waals surface area contributed by atoms with Crippen LogP contribution in [-0.2, 0) is 13.1 Å². The molecule has 162 valence electrons. The normalized spacial score (nSPS) is 14.7. The Kier molecular flexibility index (Phi) is 4.84. The molecule has 1 aliphatic rings. The third-order valence-corrected chi connectivity index (χ3v) is 5.96. The monoisotopic (exact) mass is 448 g/mol. The lowest BCUT2D eigenvalue weighted by atomic mass is 10.3. The van der Waals surface area contributed by atoms with Crippen LogP contribution in [0.3, 0.4) is 0 Å². The van der Waals surface area contributed by atoms with Gasteiger partial charge in [0, 0.05) is 24.7 Å². The summed E-state index contributed by atoms with van der Waals surface area (Å²) in [7, 11) is 0. The van der Waals surface area contributed by atoms with Crippen molar-refractivity contribution in [2.45, 2.75) is 51.0 Å². The van der Waals surface area contributed by atoms with Gasteiger partial charge in [-0.1, -0.05) is 23.7 Å². The molecule has 1 aliphatic carbocycles. The lowest BCUT2D eigenvalue weighted by molar-refractivity contribution is -0.135. The summed E-state index contributed by atoms with van der Waals surface area (Å²) in [6, 6.07) is 13.0. The van der Waals surface area contributed by atoms with Crippen molar-refractivity contribution in [3.05, 3.63) is 63.8 Å². The van der Waals surface area contributed by atoms with Gasteiger partial charge in [0.2, 0.25) is 0 Å². The van der Waals surface area contributed by atoms with E-state index in [0.29, 0.717) is 16.2 Å². The van der Waals surface area contributed by atoms with Crippen molar-refractivity contribution in [2.24, 2.45) is 0 Å². The molecule has 31 heavy (non-hydrogen) atoms. The quantitative estimate of drug-likeness (QED) is 0.364. The number of benzene rings is 1. The van der Waals surface area contributed by atoms with E-state index >= 15 is 0 Å². The van der Waals surface area contributed by atoms with Crippen molar-refractivity contribution in [1.29, 1.82) is 0 Å². The zero-order valence-corrected chi connectivity index (χ0v) is 17.3. The highest BCUT2D eigenvalue weighted by Crippen LogP contribution is 2.36. The smallest absolute Gasteiger partial charge is 0.342 e. The molecule has 0 spiro atoms. The zero-order chi connectivity index (χ0) is 21.8. The number of nitrogens with zero attached hydrogens (tertiary/aromatic N) is 4. The standard InChI is InChI=1S/C22H20ClF3N4O/c23-20-9-8-17-16(27-20)12-15(28(17)11-3-10-22(24,25)26)13-29-18-4-1-2-5-19(18)30(21(29)31)14-6-7-14/h1-2,4-5,8-9,12,14H,3,6-7,10-11,13H2. The van der Waals surface area contributed by atoms with Gasteiger partial charge in [-0.2, -0.15) is 13.2 Å². The zero-order valence-electron chi connectivity index (χ0n) is 16.6. The summed E-state index contributed by atoms with van der Waals surface area (Å²) >= 11 is 6.03. The van der Waals surface area contributed by atoms with E-state index in [4.69, 9.17) is 11.6 Å². The molecule has 3 heterocycles. The molecule has 0 amide bonds. The van der Waals surface area contributed by atoms with Crippen molar-refractivity contribution < 1.29 is 13.2 Å². The third-order valence-electron chi connectivity index (χ3n) is 5.75. The maximum atomic E-state index is 13.2. The molecule has 4 aromatic rings. The van der Waals surface area contributed by atoms with Crippen LogP contribution in [0, 0.1) is 0 Å². The molecule has 1 aromatic carbocycles. The van der Waals surface area contributed by atoms with Crippen LogP contribution in [0.25, 0.3) is 22.1 Å². The number of hydrogen-bond acceptors (Lipinski definition) is 2. The molecule has 0 atom stereocenters. The fraction of sp³-hybridized carbons (Fsp3) is 0.364. The van der Waals surface area contributed by atoms with Crippen molar-refractivity contribution in [3.63, 3.8) is 0 Å². The summed E-state index contributed by atoms with van der Waals surface area (Å²) in [5.41, 5.74) is 3.65. The van der Waals surface area contributed by atoms with Gasteiger partial charge in [0.15, 0.2) is 0 Å². The van der Waals surface area contributed by atoms with Gasteiger partial charge in [0.25, 0.3) is 0 Å². The minimum Gasteiger partial charge on any atom is -0.342 e. The fourth-order valence-electron chi connectivity index (χ4n) is 4.23. The third kappa shape index (κ3) is 3.84. The number of aromatic nitrogens is 4. The number of fused-ring (bicyclic) bond motifs is 2. The van der Waals surface area contributed by atoms with Crippen LogP contribution in [0.4, 0.5) is 13.2 Å². The summed E-state index contributed by atoms with van der Waals surface area (Å²) in [6.07, 6.45) is -3.17. The lowest BCUT2D eigenvalue weighted by Gasteiger charge is -2.12. The molecule has 0 bridgehead atoms. The summed E-state index contributed by atoms with van der Waals surface area (Å²) in [4.78, 5) is 17.5. The van der Waals surface area contributed by atoms with Gasteiger partial charge < -0.3 is 4.57 Å². The van der Waals surface area contributed by atoms with Gasteiger partial charge in [-0.25, -0.2) is 9.78 Å². The summed E-state index contributed by atoms with van der Waals surface area (Å²) < 4.78 is 43.5. The summed E-state index contributed by atoms with van der Waals surface area (Å²) in [5, 5.41) is 0.314. The first kappa shape index (κ1) is 20.2. The SMILES string of the molecule is O=c1n(Cc2cc3nc(Cl)ccc3n2CCCC(F)(F)F)c2ccccc2n1C1CC1. The average Bonchev–Trinajstić information content (AvgIpc) is 3.43. The molecular weight excluding hydrogens is 429 g/mol. The van der Waals surface area contributed by atoms with E-state index in [1.54, 1.807) is 16.7 Å². The average molecular weight is 449 g/mol. The number of rotatable bonds is 6. The second kappa shape index (κ2) is 7.44. The fourth-order valence-corrected chi connectivity index (χ4v) is 4.39. The van der Waals surface area contributed by atoms with Gasteiger partial charge in [-0.3, -0.25) is 9.13 Å². The minimum absolute atomic E-state index is 0.0539. The highest BCUT2D eigenvalue weighted by atomic mass is 35.5. The first-order valence-corrected chi connectivity index (χ1v) is 10.6. The number of imidazole rings is 1. The second-order valence-electron chi connectivity index (χ2n) is 8.00. The van der Waals surface area contributed by atoms with Gasteiger partial charge in [0.1, 0.15) is 5.15 Å². The Bertz CT molecular complexity index is 1330. The molecule has 5 rings (SSSR count). The molecule has 1 fully saturated rings. The first-order valence-electron chi connectivity index (χ1n) is 10.2. The van der Waals surface area contributed by atoms with E-state index in [2.05, 4.69) is 4.98 Å². The van der Waals surface area contributed by atoms with Crippen LogP contribution in [-0.4, -0.2) is 24.9 Å². The van der Waals surface area contributed by atoms with Crippen LogP contribution in [0.5, 0.6) is 0 Å². The molecule has 0 N–H and O–H groups in total. The molecular formula is C22H20ClF3N4O. The van der Waals surface area contributed by atoms with Gasteiger partial charge in [-0.05, 0) is 49.6 Å². The van der Waals surface area contributed by atoms with Crippen molar-refractivity contribution in [2.75, 3.05) is 0 Å². The van der Waals surface area contributed by atoms with E-state index in [9.17, 15) is 18.0 Å². The van der Waals surface area contributed by atoms with Gasteiger partial charge in [0.05, 0.1) is 28.6 Å². The predicted octanol–water partition coefficient (Wildman–Crippen LogP) is 5.53. The van der Waals surface area contributed by atoms with E-state index in [-0.39, 0.29) is 31.2 Å². The molecule has 5 nitrogen and oxygen atoms in total. The van der Waals surface area contributed by atoms with Crippen LogP contribution < -0.4 is 5.69 Å². The van der Waals surface area contributed by atoms with E-state index in [1.165, 1.54) is 0 Å². The topological polar surface area (TPSA) is 44.8 Å². The predicted molar refractivity (Wildman–Crippen MR) is 114 cm³/mol. The van der Waals surface area contributed by atoms with E-state index < -0.39 is 12.6 Å². The maximum Gasteiger partial charge on any atom is 0.389 e. The molecule has 0 saturated heterocycles. The van der Waals surface area contributed by atoms with Gasteiger partial charge >= 0.3 is 11.9 Å². The van der Waals surface area contributed by atoms with Crippen molar-refractivity contribution in [1.82, 2.24) is 18.7 Å². The van der Waals surface area contributed by atoms with Crippen LogP contribution in [0.15, 0.2) is 47.3 Å². The number of halogens is 4. The summed E-state index contributed by atoms with van der Waals surface area (Å²) in [5.74, 6) is 0. The summed E-state index contributed by atoms with van der Waals surface area (Å²) in [6.45, 7) is 0.427. The second-order valence-corrected chi connectivity index (χ2v) is 8.39. The van der Waals surface area contributed by atoms with E-state index in [1.807, 2.05) is 39.5 Å². The lowest BCUT2D eigenvalue weighted by Crippen LogP contribution is -2.25. The Hall–Kier alpha value is -2.74.